The minimum atomic E-state index is -2.89. The third kappa shape index (κ3) is 9.29. The number of pyridine rings is 1. The van der Waals surface area contributed by atoms with Gasteiger partial charge in [-0.1, -0.05) is 182 Å². The second-order valence-electron chi connectivity index (χ2n) is 20.7. The molecule has 0 bridgehead atoms. The van der Waals surface area contributed by atoms with E-state index in [9.17, 15) is 5.11 Å². The minimum absolute atomic E-state index is 0. The van der Waals surface area contributed by atoms with Gasteiger partial charge in [0.25, 0.3) is 0 Å². The molecule has 2 heterocycles. The molecule has 4 nitrogen and oxygen atoms in total. The van der Waals surface area contributed by atoms with Crippen LogP contribution in [0.2, 0.25) is 0 Å². The van der Waals surface area contributed by atoms with E-state index < -0.39 is 26.0 Å². The first-order valence-corrected chi connectivity index (χ1v) is 22.8. The van der Waals surface area contributed by atoms with Gasteiger partial charge < -0.3 is 5.11 Å². The third-order valence-electron chi connectivity index (χ3n) is 12.6. The van der Waals surface area contributed by atoms with Crippen molar-refractivity contribution in [1.29, 1.82) is 0 Å². The number of nitrogens with zero attached hydrogens (tertiary/aromatic N) is 3. The smallest absolute Gasteiger partial charge is 0.148 e. The Kier molecular flexibility index (Phi) is 10.1. The second kappa shape index (κ2) is 18.3. The number of phenols is 1. The van der Waals surface area contributed by atoms with E-state index in [1.54, 1.807) is 12.1 Å². The monoisotopic (exact) mass is 1080 g/mol. The van der Waals surface area contributed by atoms with E-state index in [1.165, 1.54) is 0 Å². The van der Waals surface area contributed by atoms with Crippen LogP contribution in [0.3, 0.4) is 0 Å². The van der Waals surface area contributed by atoms with Crippen LogP contribution in [0.25, 0.3) is 83.9 Å². The summed E-state index contributed by atoms with van der Waals surface area (Å²) in [4.78, 5) is 10.5. The van der Waals surface area contributed by atoms with Crippen molar-refractivity contribution in [1.82, 2.24) is 14.5 Å². The number of rotatable bonds is 7. The zero-order chi connectivity index (χ0) is 55.1. The largest absolute Gasteiger partial charge is 0.507 e. The van der Waals surface area contributed by atoms with Crippen molar-refractivity contribution in [3.05, 3.63) is 191 Å². The van der Waals surface area contributed by atoms with Crippen LogP contribution in [0.5, 0.6) is 5.75 Å². The third-order valence-corrected chi connectivity index (χ3v) is 12.6. The molecular weight excluding hydrogens is 1010 g/mol. The average molecular weight is 1080 g/mol. The van der Waals surface area contributed by atoms with Crippen molar-refractivity contribution in [2.24, 2.45) is 0 Å². The summed E-state index contributed by atoms with van der Waals surface area (Å²) >= 11 is 0. The van der Waals surface area contributed by atoms with E-state index in [2.05, 4.69) is 105 Å². The molecule has 0 unspecified atom stereocenters. The molecule has 9 aromatic rings. The van der Waals surface area contributed by atoms with Crippen LogP contribution < -0.4 is 0 Å². The maximum absolute atomic E-state index is 12.7. The van der Waals surface area contributed by atoms with Crippen LogP contribution in [0, 0.1) is 26.6 Å². The Bertz CT molecular complexity index is 3640. The molecule has 0 atom stereocenters. The standard InChI is InChI=1S/C63H62N3O.Pt/c1-39-30-40(2)57(41(3)31-39)45-26-27-55(51(35-45)43-22-17-14-18-23-43)66-56-25-19-24-50(58(56)65-60(66)52-37-49(62(7,8)9)38-53(59(52)67)63(10,11)12)46-32-47(34-48(33-46)61(4,5)6)54-36-44(28-29-64-54)42-20-15-13-16-21-42;/h13-31,33-38,67H,1-12H3;/q-1;/i1D3,2D3,3D3;. The van der Waals surface area contributed by atoms with Gasteiger partial charge in [-0.2, -0.15) is 0 Å². The molecule has 1 N–H and O–H groups in total. The summed E-state index contributed by atoms with van der Waals surface area (Å²) in [5.74, 6) is 0.503. The molecule has 346 valence electrons. The molecule has 0 aliphatic rings. The van der Waals surface area contributed by atoms with Crippen LogP contribution >= 0.6 is 0 Å². The number of fused-ring (bicyclic) bond motifs is 1. The Balaban J connectivity index is 0.00000784. The number of phenolic OH excluding ortho intramolecular Hbond substituents is 1. The minimum Gasteiger partial charge on any atom is -0.507 e. The van der Waals surface area contributed by atoms with Gasteiger partial charge in [0.05, 0.1) is 22.3 Å². The normalized spacial score (nSPS) is 14.6. The van der Waals surface area contributed by atoms with E-state index in [1.807, 2.05) is 95.7 Å². The average Bonchev–Trinajstić information content (AvgIpc) is 3.82. The molecule has 7 aromatic carbocycles. The van der Waals surface area contributed by atoms with Crippen molar-refractivity contribution < 1.29 is 38.5 Å². The summed E-state index contributed by atoms with van der Waals surface area (Å²) < 4.78 is 78.6. The van der Waals surface area contributed by atoms with Crippen molar-refractivity contribution in [2.75, 3.05) is 0 Å². The molecule has 9 rings (SSSR count). The SMILES string of the molecule is [2H]C([2H])([2H])c1cc(C([2H])([2H])[2H])c(-c2ccc(-n3c(-c4cc(C(C)(C)C)cc(C(C)(C)C)c4O)nc4c(-c5[c-]c(-c6cc(-c7ccccc7)ccn6)cc(C(C)(C)C)c5)cccc43)c(-c3ccccc3)c2)c(C([2H])([2H])[2H])c1.[Pt]. The van der Waals surface area contributed by atoms with Gasteiger partial charge in [0.15, 0.2) is 0 Å². The zero-order valence-electron chi connectivity index (χ0n) is 49.0. The molecule has 0 saturated carbocycles. The number of benzene rings is 7. The first-order chi connectivity index (χ1) is 35.4. The molecule has 5 heteroatoms. The van der Waals surface area contributed by atoms with Gasteiger partial charge in [0.2, 0.25) is 0 Å². The van der Waals surface area contributed by atoms with Crippen LogP contribution in [0.15, 0.2) is 152 Å². The summed E-state index contributed by atoms with van der Waals surface area (Å²) in [7, 11) is 0. The van der Waals surface area contributed by atoms with Crippen LogP contribution in [-0.2, 0) is 37.3 Å². The van der Waals surface area contributed by atoms with Gasteiger partial charge in [-0.3, -0.25) is 9.55 Å². The van der Waals surface area contributed by atoms with Gasteiger partial charge in [-0.15, -0.1) is 29.3 Å². The summed E-state index contributed by atoms with van der Waals surface area (Å²) in [6.07, 6.45) is 1.82. The fourth-order valence-electron chi connectivity index (χ4n) is 8.91. The molecule has 0 aliphatic carbocycles. The number of aromatic hydroxyl groups is 1. The number of aromatic nitrogens is 3. The van der Waals surface area contributed by atoms with Crippen LogP contribution in [0.1, 0.15) is 108 Å². The number of hydrogen-bond acceptors (Lipinski definition) is 3. The maximum atomic E-state index is 12.7. The summed E-state index contributed by atoms with van der Waals surface area (Å²) in [6.45, 7) is 10.6. The fraction of sp³-hybridized carbons (Fsp3) is 0.238. The van der Waals surface area contributed by atoms with Gasteiger partial charge in [-0.05, 0) is 112 Å². The van der Waals surface area contributed by atoms with Crippen molar-refractivity contribution >= 4 is 11.0 Å². The molecule has 0 aliphatic heterocycles. The Labute approximate surface area is 431 Å². The second-order valence-corrected chi connectivity index (χ2v) is 20.7. The zero-order valence-corrected chi connectivity index (χ0v) is 42.3. The van der Waals surface area contributed by atoms with Crippen molar-refractivity contribution in [3.8, 4) is 78.6 Å². The molecular formula is C63H62N3OPt-. The Morgan fingerprint density at radius 2 is 1.19 bits per heavy atom. The van der Waals surface area contributed by atoms with E-state index in [0.29, 0.717) is 33.7 Å². The maximum Gasteiger partial charge on any atom is 0.148 e. The molecule has 0 spiro atoms. The molecule has 0 amide bonds. The van der Waals surface area contributed by atoms with Crippen molar-refractivity contribution in [2.45, 2.75) is 99.1 Å². The predicted octanol–water partition coefficient (Wildman–Crippen LogP) is 16.7. The summed E-state index contributed by atoms with van der Waals surface area (Å²) in [5.41, 5.74) is 9.64. The number of hydrogen-bond donors (Lipinski definition) is 1. The Morgan fingerprint density at radius 3 is 1.82 bits per heavy atom. The Morgan fingerprint density at radius 1 is 0.544 bits per heavy atom. The van der Waals surface area contributed by atoms with E-state index in [0.717, 1.165) is 67.9 Å². The van der Waals surface area contributed by atoms with E-state index >= 15 is 0 Å². The first-order valence-electron chi connectivity index (χ1n) is 27.3. The van der Waals surface area contributed by atoms with Gasteiger partial charge >= 0.3 is 0 Å². The molecule has 68 heavy (non-hydrogen) atoms. The number of para-hydroxylation sites is 1. The number of aryl methyl sites for hydroxylation is 3. The summed E-state index contributed by atoms with van der Waals surface area (Å²) in [6, 6.07) is 49.4. The van der Waals surface area contributed by atoms with Crippen LogP contribution in [0.4, 0.5) is 0 Å². The molecule has 2 aromatic heterocycles. The van der Waals surface area contributed by atoms with Gasteiger partial charge in [-0.25, -0.2) is 4.98 Å². The molecule has 0 fully saturated rings. The van der Waals surface area contributed by atoms with Crippen LogP contribution in [-0.4, -0.2) is 19.6 Å². The summed E-state index contributed by atoms with van der Waals surface area (Å²) in [5, 5.41) is 12.7. The van der Waals surface area contributed by atoms with Gasteiger partial charge in [0.1, 0.15) is 11.6 Å². The van der Waals surface area contributed by atoms with E-state index in [4.69, 9.17) is 22.3 Å². The quantitative estimate of drug-likeness (QED) is 0.162. The molecule has 0 radical (unpaired) electrons. The van der Waals surface area contributed by atoms with Gasteiger partial charge in [0, 0.05) is 56.4 Å². The molecule has 0 saturated heterocycles. The Hall–Kier alpha value is -6.35. The van der Waals surface area contributed by atoms with E-state index in [-0.39, 0.29) is 65.5 Å². The first kappa shape index (κ1) is 37.6. The topological polar surface area (TPSA) is 50.9 Å². The number of imidazole rings is 1. The fourth-order valence-corrected chi connectivity index (χ4v) is 8.91. The van der Waals surface area contributed by atoms with Crippen molar-refractivity contribution in [3.63, 3.8) is 0 Å². The predicted molar refractivity (Wildman–Crippen MR) is 282 cm³/mol.